The van der Waals surface area contributed by atoms with Crippen molar-refractivity contribution in [2.75, 3.05) is 52.9 Å². The number of carbonyl (C=O) groups excluding carboxylic acids is 2. The van der Waals surface area contributed by atoms with Crippen molar-refractivity contribution in [3.8, 4) is 5.75 Å². The van der Waals surface area contributed by atoms with Crippen LogP contribution in [-0.2, 0) is 11.2 Å². The Balaban J connectivity index is 1.69. The molecule has 0 aliphatic carbocycles. The van der Waals surface area contributed by atoms with E-state index in [1.165, 1.54) is 0 Å². The van der Waals surface area contributed by atoms with Crippen molar-refractivity contribution in [2.45, 2.75) is 13.3 Å². The molecular formula is C18H28N4O3. The van der Waals surface area contributed by atoms with Gasteiger partial charge >= 0.3 is 6.03 Å². The molecule has 1 saturated heterocycles. The zero-order valence-corrected chi connectivity index (χ0v) is 15.1. The SMILES string of the molecule is CCNC(=O)CN1CCN(C(=O)NCCc2ccccc2OC)CC1. The van der Waals surface area contributed by atoms with Crippen LogP contribution in [0.2, 0.25) is 0 Å². The Hall–Kier alpha value is -2.28. The Morgan fingerprint density at radius 3 is 2.52 bits per heavy atom. The second kappa shape index (κ2) is 9.88. The topological polar surface area (TPSA) is 73.9 Å². The van der Waals surface area contributed by atoms with Crippen molar-refractivity contribution < 1.29 is 14.3 Å². The number of amides is 3. The summed E-state index contributed by atoms with van der Waals surface area (Å²) in [5, 5.41) is 5.76. The van der Waals surface area contributed by atoms with Crippen molar-refractivity contribution >= 4 is 11.9 Å². The van der Waals surface area contributed by atoms with Crippen LogP contribution in [0.15, 0.2) is 24.3 Å². The Bertz CT molecular complexity index is 571. The highest BCUT2D eigenvalue weighted by atomic mass is 16.5. The number of hydrogen-bond donors (Lipinski definition) is 2. The van der Waals surface area contributed by atoms with E-state index in [1.54, 1.807) is 12.0 Å². The lowest BCUT2D eigenvalue weighted by Gasteiger charge is -2.34. The van der Waals surface area contributed by atoms with Gasteiger partial charge in [-0.2, -0.15) is 0 Å². The number of rotatable bonds is 7. The maximum Gasteiger partial charge on any atom is 0.317 e. The minimum atomic E-state index is -0.0486. The largest absolute Gasteiger partial charge is 0.496 e. The Labute approximate surface area is 149 Å². The molecule has 2 N–H and O–H groups in total. The summed E-state index contributed by atoms with van der Waals surface area (Å²) in [6, 6.07) is 7.78. The number of likely N-dealkylation sites (N-methyl/N-ethyl adjacent to an activating group) is 1. The summed E-state index contributed by atoms with van der Waals surface area (Å²) in [7, 11) is 1.65. The zero-order chi connectivity index (χ0) is 18.1. The van der Waals surface area contributed by atoms with Gasteiger partial charge in [-0.1, -0.05) is 18.2 Å². The first-order valence-corrected chi connectivity index (χ1v) is 8.77. The molecule has 1 heterocycles. The van der Waals surface area contributed by atoms with Crippen LogP contribution in [0.4, 0.5) is 4.79 Å². The molecule has 2 rings (SSSR count). The van der Waals surface area contributed by atoms with Crippen LogP contribution in [0.1, 0.15) is 12.5 Å². The molecule has 25 heavy (non-hydrogen) atoms. The van der Waals surface area contributed by atoms with E-state index in [9.17, 15) is 9.59 Å². The molecule has 0 unspecified atom stereocenters. The van der Waals surface area contributed by atoms with Crippen molar-refractivity contribution in [2.24, 2.45) is 0 Å². The number of benzene rings is 1. The quantitative estimate of drug-likeness (QED) is 0.761. The monoisotopic (exact) mass is 348 g/mol. The number of carbonyl (C=O) groups is 2. The number of nitrogens with zero attached hydrogens (tertiary/aromatic N) is 2. The fourth-order valence-corrected chi connectivity index (χ4v) is 2.89. The first kappa shape index (κ1) is 19.1. The third kappa shape index (κ3) is 5.94. The molecule has 0 spiro atoms. The van der Waals surface area contributed by atoms with Gasteiger partial charge in [-0.25, -0.2) is 4.79 Å². The molecule has 0 atom stereocenters. The Morgan fingerprint density at radius 2 is 1.84 bits per heavy atom. The summed E-state index contributed by atoms with van der Waals surface area (Å²) in [6.45, 7) is 6.24. The highest BCUT2D eigenvalue weighted by Gasteiger charge is 2.22. The number of hydrogen-bond acceptors (Lipinski definition) is 4. The van der Waals surface area contributed by atoms with Gasteiger partial charge in [0, 0.05) is 39.3 Å². The Kier molecular flexibility index (Phi) is 7.53. The Morgan fingerprint density at radius 1 is 1.12 bits per heavy atom. The van der Waals surface area contributed by atoms with Crippen LogP contribution < -0.4 is 15.4 Å². The van der Waals surface area contributed by atoms with Crippen LogP contribution in [0.3, 0.4) is 0 Å². The maximum atomic E-state index is 12.3. The molecule has 138 valence electrons. The highest BCUT2D eigenvalue weighted by molar-refractivity contribution is 5.78. The van der Waals surface area contributed by atoms with Crippen molar-refractivity contribution in [3.05, 3.63) is 29.8 Å². The molecule has 7 nitrogen and oxygen atoms in total. The molecule has 0 saturated carbocycles. The third-order valence-corrected chi connectivity index (χ3v) is 4.26. The first-order valence-electron chi connectivity index (χ1n) is 8.77. The number of ether oxygens (including phenoxy) is 1. The summed E-state index contributed by atoms with van der Waals surface area (Å²) in [5.74, 6) is 0.882. The van der Waals surface area contributed by atoms with E-state index in [4.69, 9.17) is 4.74 Å². The van der Waals surface area contributed by atoms with Gasteiger partial charge < -0.3 is 20.3 Å². The number of para-hydroxylation sites is 1. The van der Waals surface area contributed by atoms with E-state index < -0.39 is 0 Å². The standard InChI is InChI=1S/C18H28N4O3/c1-3-19-17(23)14-21-10-12-22(13-11-21)18(24)20-9-8-15-6-4-5-7-16(15)25-2/h4-7H,3,8-14H2,1-2H3,(H,19,23)(H,20,24). The molecule has 1 aromatic rings. The number of nitrogens with one attached hydrogen (secondary N) is 2. The number of piperazine rings is 1. The minimum Gasteiger partial charge on any atom is -0.496 e. The van der Waals surface area contributed by atoms with Gasteiger partial charge in [0.05, 0.1) is 13.7 Å². The van der Waals surface area contributed by atoms with Crippen LogP contribution >= 0.6 is 0 Å². The smallest absolute Gasteiger partial charge is 0.317 e. The molecule has 0 aromatic heterocycles. The van der Waals surface area contributed by atoms with Gasteiger partial charge in [0.25, 0.3) is 0 Å². The molecule has 1 fully saturated rings. The van der Waals surface area contributed by atoms with Crippen LogP contribution in [0.5, 0.6) is 5.75 Å². The second-order valence-corrected chi connectivity index (χ2v) is 6.01. The lowest BCUT2D eigenvalue weighted by Crippen LogP contribution is -2.53. The third-order valence-electron chi connectivity index (χ3n) is 4.26. The molecular weight excluding hydrogens is 320 g/mol. The maximum absolute atomic E-state index is 12.3. The molecule has 0 bridgehead atoms. The summed E-state index contributed by atoms with van der Waals surface area (Å²) in [6.07, 6.45) is 0.729. The van der Waals surface area contributed by atoms with E-state index in [2.05, 4.69) is 15.5 Å². The lowest BCUT2D eigenvalue weighted by molar-refractivity contribution is -0.122. The van der Waals surface area contributed by atoms with Crippen LogP contribution in [-0.4, -0.2) is 74.7 Å². The van der Waals surface area contributed by atoms with Gasteiger partial charge in [0.2, 0.25) is 5.91 Å². The predicted octanol–water partition coefficient (Wildman–Crippen LogP) is 0.701. The molecule has 3 amide bonds. The van der Waals surface area contributed by atoms with Crippen molar-refractivity contribution in [1.29, 1.82) is 0 Å². The lowest BCUT2D eigenvalue weighted by atomic mass is 10.1. The van der Waals surface area contributed by atoms with Gasteiger partial charge in [-0.05, 0) is 25.0 Å². The second-order valence-electron chi connectivity index (χ2n) is 6.01. The average Bonchev–Trinajstić information content (AvgIpc) is 2.63. The van der Waals surface area contributed by atoms with Gasteiger partial charge in [0.15, 0.2) is 0 Å². The summed E-state index contributed by atoms with van der Waals surface area (Å²) < 4.78 is 5.32. The fraction of sp³-hybridized carbons (Fsp3) is 0.556. The van der Waals surface area contributed by atoms with E-state index in [-0.39, 0.29) is 11.9 Å². The van der Waals surface area contributed by atoms with E-state index in [1.807, 2.05) is 31.2 Å². The molecule has 0 radical (unpaired) electrons. The summed E-state index contributed by atoms with van der Waals surface area (Å²) in [4.78, 5) is 27.7. The van der Waals surface area contributed by atoms with Gasteiger partial charge in [-0.3, -0.25) is 9.69 Å². The average molecular weight is 348 g/mol. The summed E-state index contributed by atoms with van der Waals surface area (Å²) in [5.41, 5.74) is 1.08. The molecule has 7 heteroatoms. The van der Waals surface area contributed by atoms with Gasteiger partial charge in [-0.15, -0.1) is 0 Å². The highest BCUT2D eigenvalue weighted by Crippen LogP contribution is 2.17. The van der Waals surface area contributed by atoms with Gasteiger partial charge in [0.1, 0.15) is 5.75 Å². The van der Waals surface area contributed by atoms with E-state index in [0.29, 0.717) is 32.7 Å². The number of urea groups is 1. The van der Waals surface area contributed by atoms with E-state index >= 15 is 0 Å². The molecule has 1 aliphatic rings. The van der Waals surface area contributed by atoms with Crippen LogP contribution in [0.25, 0.3) is 0 Å². The minimum absolute atomic E-state index is 0.0391. The molecule has 1 aliphatic heterocycles. The predicted molar refractivity (Wildman–Crippen MR) is 96.8 cm³/mol. The molecule has 1 aromatic carbocycles. The normalized spacial score (nSPS) is 14.9. The zero-order valence-electron chi connectivity index (χ0n) is 15.1. The van der Waals surface area contributed by atoms with E-state index in [0.717, 1.165) is 30.8 Å². The van der Waals surface area contributed by atoms with Crippen molar-refractivity contribution in [3.63, 3.8) is 0 Å². The summed E-state index contributed by atoms with van der Waals surface area (Å²) >= 11 is 0. The van der Waals surface area contributed by atoms with Crippen molar-refractivity contribution in [1.82, 2.24) is 20.4 Å². The number of methoxy groups -OCH3 is 1. The fourth-order valence-electron chi connectivity index (χ4n) is 2.89. The first-order chi connectivity index (χ1) is 12.1. The van der Waals surface area contributed by atoms with Crippen LogP contribution in [0, 0.1) is 0 Å².